The normalized spacial score (nSPS) is 12.0. The fourth-order valence-corrected chi connectivity index (χ4v) is 25.2. The van der Waals surface area contributed by atoms with Gasteiger partial charge >= 0.3 is 0 Å². The number of thiophene rings is 3. The number of nitrogens with zero attached hydrogens (tertiary/aromatic N) is 9. The van der Waals surface area contributed by atoms with E-state index in [1.165, 1.54) is 153 Å². The predicted molar refractivity (Wildman–Crippen MR) is 578 cm³/mol. The highest BCUT2D eigenvalue weighted by Crippen LogP contribution is 2.53. The quantitative estimate of drug-likeness (QED) is 0.150. The predicted octanol–water partition coefficient (Wildman–Crippen LogP) is 34.2. The number of para-hydroxylation sites is 6. The topological polar surface area (TPSA) is 92.1 Å². The Bertz CT molecular complexity index is 10200. The first-order chi connectivity index (χ1) is 67.5. The number of aromatic nitrogens is 9. The van der Waals surface area contributed by atoms with Crippen LogP contribution in [0.1, 0.15) is 0 Å². The summed E-state index contributed by atoms with van der Waals surface area (Å²) in [5.41, 5.74) is 20.3. The third-order valence-corrected chi connectivity index (χ3v) is 31.0. The lowest BCUT2D eigenvalue weighted by Gasteiger charge is -2.14. The molecule has 0 aliphatic carbocycles. The Balaban J connectivity index is 0.000000101. The van der Waals surface area contributed by atoms with Crippen molar-refractivity contribution in [3.63, 3.8) is 0 Å². The van der Waals surface area contributed by atoms with E-state index in [1.54, 1.807) is 0 Å². The molecule has 0 atom stereocenters. The summed E-state index contributed by atoms with van der Waals surface area (Å²) in [4.78, 5) is 32.1. The van der Waals surface area contributed by atoms with Gasteiger partial charge in [-0.25, -0.2) is 29.9 Å². The van der Waals surface area contributed by atoms with Crippen LogP contribution in [0.5, 0.6) is 0 Å². The zero-order valence-corrected chi connectivity index (χ0v) is 75.3. The number of benzene rings is 21. The monoisotopic (exact) mass is 1780 g/mol. The lowest BCUT2D eigenvalue weighted by Crippen LogP contribution is -2.04. The minimum absolute atomic E-state index is 0.675. The van der Waals surface area contributed by atoms with Crippen molar-refractivity contribution in [3.05, 3.63) is 443 Å². The van der Waals surface area contributed by atoms with Crippen LogP contribution in [0.4, 0.5) is 0 Å². The van der Waals surface area contributed by atoms with Crippen LogP contribution in [0, 0.1) is 0 Å². The molecule has 30 rings (SSSR count). The minimum Gasteiger partial charge on any atom is -0.277 e. The highest BCUT2D eigenvalue weighted by Gasteiger charge is 2.29. The number of hydrogen-bond acceptors (Lipinski definition) is 9. The summed E-state index contributed by atoms with van der Waals surface area (Å²) in [6, 6.07) is 158. The van der Waals surface area contributed by atoms with Crippen LogP contribution in [-0.4, -0.2) is 43.6 Å². The van der Waals surface area contributed by atoms with Gasteiger partial charge in [-0.15, -0.1) is 34.0 Å². The molecular weight excluding hydrogens is 1710 g/mol. The van der Waals surface area contributed by atoms with Gasteiger partial charge in [-0.2, -0.15) is 0 Å². The van der Waals surface area contributed by atoms with E-state index in [2.05, 4.69) is 457 Å². The Labute approximate surface area is 789 Å². The van der Waals surface area contributed by atoms with E-state index in [0.717, 1.165) is 105 Å². The summed E-state index contributed by atoms with van der Waals surface area (Å²) in [5.74, 6) is 2.03. The molecule has 9 heterocycles. The van der Waals surface area contributed by atoms with Crippen LogP contribution in [0.15, 0.2) is 443 Å². The van der Waals surface area contributed by atoms with Crippen LogP contribution in [0.25, 0.3) is 276 Å². The Morgan fingerprint density at radius 1 is 0.169 bits per heavy atom. The Morgan fingerprint density at radius 2 is 0.449 bits per heavy atom. The molecule has 0 saturated heterocycles. The van der Waals surface area contributed by atoms with Gasteiger partial charge in [0.1, 0.15) is 0 Å². The van der Waals surface area contributed by atoms with Gasteiger partial charge in [-0.05, 0) is 93.7 Å². The highest BCUT2D eigenvalue weighted by atomic mass is 32.1. The van der Waals surface area contributed by atoms with Crippen molar-refractivity contribution < 1.29 is 0 Å². The second-order valence-corrected chi connectivity index (χ2v) is 38.0. The second-order valence-electron chi connectivity index (χ2n) is 34.9. The Hall–Kier alpha value is -17.3. The average molecular weight is 1790 g/mol. The van der Waals surface area contributed by atoms with Gasteiger partial charge in [-0.1, -0.05) is 382 Å². The van der Waals surface area contributed by atoms with E-state index in [0.29, 0.717) is 17.8 Å². The lowest BCUT2D eigenvalue weighted by atomic mass is 9.99. The molecule has 21 aromatic carbocycles. The van der Waals surface area contributed by atoms with E-state index >= 15 is 0 Å². The molecule has 136 heavy (non-hydrogen) atoms. The molecule has 30 aromatic rings. The fourth-order valence-electron chi connectivity index (χ4n) is 21.5. The smallest absolute Gasteiger partial charge is 0.235 e. The first kappa shape index (κ1) is 77.5. The zero-order chi connectivity index (χ0) is 89.2. The zero-order valence-electron chi connectivity index (χ0n) is 72.9. The molecule has 0 spiro atoms. The Kier molecular flexibility index (Phi) is 17.8. The number of hydrogen-bond donors (Lipinski definition) is 0. The van der Waals surface area contributed by atoms with E-state index in [1.807, 2.05) is 34.0 Å². The molecule has 632 valence electrons. The molecule has 0 radical (unpaired) electrons. The fraction of sp³-hybridized carbons (Fsp3) is 0. The summed E-state index contributed by atoms with van der Waals surface area (Å²) in [6.45, 7) is 0. The molecule has 0 aliphatic rings. The Morgan fingerprint density at radius 3 is 0.875 bits per heavy atom. The molecule has 0 fully saturated rings. The van der Waals surface area contributed by atoms with Crippen LogP contribution >= 0.6 is 34.0 Å². The van der Waals surface area contributed by atoms with E-state index in [4.69, 9.17) is 29.9 Å². The maximum atomic E-state index is 5.46. The van der Waals surface area contributed by atoms with Gasteiger partial charge in [0.15, 0.2) is 0 Å². The summed E-state index contributed by atoms with van der Waals surface area (Å²) < 4.78 is 14.8. The van der Waals surface area contributed by atoms with Gasteiger partial charge in [0, 0.05) is 158 Å². The summed E-state index contributed by atoms with van der Waals surface area (Å²) in [7, 11) is 0. The van der Waals surface area contributed by atoms with Crippen LogP contribution in [-0.2, 0) is 0 Å². The van der Waals surface area contributed by atoms with E-state index in [9.17, 15) is 0 Å². The van der Waals surface area contributed by atoms with Crippen molar-refractivity contribution in [1.29, 1.82) is 0 Å². The lowest BCUT2D eigenvalue weighted by molar-refractivity contribution is 1.02. The number of fused-ring (bicyclic) bond motifs is 34. The van der Waals surface area contributed by atoms with Gasteiger partial charge in [0.05, 0.1) is 66.7 Å². The highest BCUT2D eigenvalue weighted by molar-refractivity contribution is 7.28. The van der Waals surface area contributed by atoms with E-state index in [-0.39, 0.29) is 0 Å². The molecule has 0 saturated carbocycles. The molecule has 9 aromatic heterocycles. The summed E-state index contributed by atoms with van der Waals surface area (Å²) in [6.07, 6.45) is 0. The van der Waals surface area contributed by atoms with Crippen LogP contribution in [0.2, 0.25) is 0 Å². The largest absolute Gasteiger partial charge is 0.277 e. The maximum absolute atomic E-state index is 5.46. The molecule has 0 unspecified atom stereocenters. The van der Waals surface area contributed by atoms with Crippen molar-refractivity contribution in [2.24, 2.45) is 0 Å². The molecule has 0 bridgehead atoms. The standard InChI is InChI=1S/2C42H25N3S.C40H23N3S/c1-2-13-26(14-3-1)27-15-12-16-28(25-27)39-31-19-6-9-22-34(31)43-42(44-39)45-35-23-10-7-20-32(35)37-38-33-21-8-11-24-36(33)46-41(38)30-18-5-4-17-29(30)40(37)45;1-2-12-26(13-3-1)27-22-24-28(25-23-27)39-31-16-6-9-19-34(31)43-42(44-39)45-35-20-10-7-17-32(35)37-38-33-18-8-11-21-36(33)46-41(38)30-15-5-4-14-29(30)40(37)45;1-2-14-25-24(12-1)13-11-20-26(25)37-29-17-5-8-21-32(29)41-40(42-37)43-33-22-9-6-18-30(33)35-36-31-19-7-10-23-34(31)44-39(36)28-16-4-3-15-27(28)38(35)43/h2*1-25H;1-23H. The number of rotatable bonds is 8. The second kappa shape index (κ2) is 31.2. The van der Waals surface area contributed by atoms with Crippen molar-refractivity contribution in [3.8, 4) is 73.9 Å². The van der Waals surface area contributed by atoms with Gasteiger partial charge < -0.3 is 0 Å². The summed E-state index contributed by atoms with van der Waals surface area (Å²) in [5, 5.41) is 28.1. The van der Waals surface area contributed by atoms with Gasteiger partial charge in [0.25, 0.3) is 0 Å². The van der Waals surface area contributed by atoms with Crippen molar-refractivity contribution in [2.75, 3.05) is 0 Å². The van der Waals surface area contributed by atoms with E-state index < -0.39 is 0 Å². The molecule has 9 nitrogen and oxygen atoms in total. The van der Waals surface area contributed by atoms with Crippen molar-refractivity contribution in [1.82, 2.24) is 43.6 Å². The molecular formula is C124H73N9S3. The van der Waals surface area contributed by atoms with Gasteiger partial charge in [-0.3, -0.25) is 13.7 Å². The molecule has 0 aliphatic heterocycles. The van der Waals surface area contributed by atoms with Crippen LogP contribution in [0.3, 0.4) is 0 Å². The molecule has 12 heteroatoms. The first-order valence-corrected chi connectivity index (χ1v) is 48.3. The minimum atomic E-state index is 0.675. The molecule has 0 amide bonds. The summed E-state index contributed by atoms with van der Waals surface area (Å²) >= 11 is 5.64. The molecule has 0 N–H and O–H groups in total. The van der Waals surface area contributed by atoms with Crippen LogP contribution < -0.4 is 0 Å². The van der Waals surface area contributed by atoms with Crippen molar-refractivity contribution in [2.45, 2.75) is 0 Å². The van der Waals surface area contributed by atoms with Crippen molar-refractivity contribution >= 4 is 236 Å². The third kappa shape index (κ3) is 12.1. The third-order valence-electron chi connectivity index (χ3n) is 27.4. The SMILES string of the molecule is c1ccc(-c2ccc(-c3nc(-n4c5ccccc5c5c6c7ccccc7sc6c6ccccc6c54)nc4ccccc34)cc2)cc1.c1ccc(-c2cccc(-c3nc(-n4c5ccccc5c5c6c7ccccc7sc6c6ccccc6c54)nc4ccccc34)c2)cc1.c1ccc2c(-c3nc(-n4c5ccccc5c5c6c7ccccc7sc6c6ccccc6c54)nc4ccccc34)cccc2c1. The first-order valence-electron chi connectivity index (χ1n) is 45.9. The maximum Gasteiger partial charge on any atom is 0.235 e. The average Bonchev–Trinajstić information content (AvgIpc) is 1.54. The van der Waals surface area contributed by atoms with Gasteiger partial charge in [0.2, 0.25) is 17.8 Å².